The van der Waals surface area contributed by atoms with Gasteiger partial charge in [0.15, 0.2) is 5.13 Å². The van der Waals surface area contributed by atoms with Crippen LogP contribution < -0.4 is 5.32 Å². The molecule has 1 atom stereocenters. The lowest BCUT2D eigenvalue weighted by Crippen LogP contribution is -2.29. The van der Waals surface area contributed by atoms with Crippen molar-refractivity contribution in [1.29, 1.82) is 0 Å². The summed E-state index contributed by atoms with van der Waals surface area (Å²) in [5.74, 6) is -1.39. The molecule has 3 aromatic rings. The van der Waals surface area contributed by atoms with Gasteiger partial charge in [-0.15, -0.1) is 11.3 Å². The molecule has 8 heteroatoms. The summed E-state index contributed by atoms with van der Waals surface area (Å²) in [6, 6.07) is 9.87. The largest absolute Gasteiger partial charge is 0.481 e. The first-order chi connectivity index (χ1) is 12.5. The van der Waals surface area contributed by atoms with Crippen LogP contribution in [0.3, 0.4) is 0 Å². The standard InChI is InChI=1S/C18H17N3O3S2/c1-10-4-2-3-5-12(10)19-18-20-15-13(26-18)8-14(25-15)16(22)21-7-6-11(9-21)17(23)24/h2-5,8,11H,6-7,9H2,1H3,(H,19,20)(H,23,24). The number of fused-ring (bicyclic) bond motifs is 1. The summed E-state index contributed by atoms with van der Waals surface area (Å²) >= 11 is 2.87. The molecule has 1 aromatic carbocycles. The molecule has 0 spiro atoms. The molecule has 0 radical (unpaired) electrons. The van der Waals surface area contributed by atoms with E-state index >= 15 is 0 Å². The molecule has 4 rings (SSSR count). The molecule has 2 N–H and O–H groups in total. The van der Waals surface area contributed by atoms with Crippen LogP contribution in [0.25, 0.3) is 9.53 Å². The van der Waals surface area contributed by atoms with Crippen LogP contribution in [0.4, 0.5) is 10.8 Å². The van der Waals surface area contributed by atoms with Crippen LogP contribution in [0.2, 0.25) is 0 Å². The summed E-state index contributed by atoms with van der Waals surface area (Å²) in [6.07, 6.45) is 0.517. The summed E-state index contributed by atoms with van der Waals surface area (Å²) < 4.78 is 0.961. The number of carboxylic acid groups (broad SMARTS) is 1. The maximum atomic E-state index is 12.6. The Hall–Kier alpha value is -2.45. The van der Waals surface area contributed by atoms with Crippen molar-refractivity contribution in [3.05, 3.63) is 40.8 Å². The number of benzene rings is 1. The van der Waals surface area contributed by atoms with Crippen LogP contribution in [0.15, 0.2) is 30.3 Å². The van der Waals surface area contributed by atoms with Crippen molar-refractivity contribution >= 4 is 54.9 Å². The lowest BCUT2D eigenvalue weighted by Gasteiger charge is -2.14. The Kier molecular flexibility index (Phi) is 4.37. The number of para-hydroxylation sites is 1. The number of hydrogen-bond acceptors (Lipinski definition) is 6. The number of likely N-dealkylation sites (tertiary alicyclic amines) is 1. The Morgan fingerprint density at radius 1 is 1.31 bits per heavy atom. The van der Waals surface area contributed by atoms with Gasteiger partial charge in [-0.25, -0.2) is 4.98 Å². The Morgan fingerprint density at radius 2 is 2.12 bits per heavy atom. The van der Waals surface area contributed by atoms with Crippen LogP contribution in [-0.2, 0) is 4.79 Å². The number of aliphatic carboxylic acids is 1. The van der Waals surface area contributed by atoms with Crippen molar-refractivity contribution in [3.8, 4) is 0 Å². The van der Waals surface area contributed by atoms with Gasteiger partial charge in [-0.1, -0.05) is 29.5 Å². The van der Waals surface area contributed by atoms with Gasteiger partial charge in [0.2, 0.25) is 0 Å². The minimum atomic E-state index is -0.832. The molecule has 2 aromatic heterocycles. The third-order valence-corrected chi connectivity index (χ3v) is 6.58. The lowest BCUT2D eigenvalue weighted by atomic mass is 10.1. The Labute approximate surface area is 158 Å². The highest BCUT2D eigenvalue weighted by Crippen LogP contribution is 2.35. The minimum absolute atomic E-state index is 0.0997. The van der Waals surface area contributed by atoms with Crippen molar-refractivity contribution in [2.45, 2.75) is 13.3 Å². The molecule has 1 fully saturated rings. The molecule has 26 heavy (non-hydrogen) atoms. The highest BCUT2D eigenvalue weighted by molar-refractivity contribution is 7.29. The summed E-state index contributed by atoms with van der Waals surface area (Å²) in [7, 11) is 0. The first kappa shape index (κ1) is 17.0. The lowest BCUT2D eigenvalue weighted by molar-refractivity contribution is -0.141. The van der Waals surface area contributed by atoms with E-state index in [2.05, 4.69) is 10.3 Å². The smallest absolute Gasteiger partial charge is 0.308 e. The zero-order valence-electron chi connectivity index (χ0n) is 14.1. The fourth-order valence-electron chi connectivity index (χ4n) is 3.02. The zero-order chi connectivity index (χ0) is 18.3. The molecule has 134 valence electrons. The number of aryl methyl sites for hydroxylation is 1. The van der Waals surface area contributed by atoms with Gasteiger partial charge in [0, 0.05) is 18.8 Å². The quantitative estimate of drug-likeness (QED) is 0.708. The van der Waals surface area contributed by atoms with Gasteiger partial charge in [-0.3, -0.25) is 9.59 Å². The summed E-state index contributed by atoms with van der Waals surface area (Å²) in [5.41, 5.74) is 2.16. The third kappa shape index (κ3) is 3.17. The van der Waals surface area contributed by atoms with Crippen molar-refractivity contribution in [1.82, 2.24) is 9.88 Å². The second-order valence-corrected chi connectivity index (χ2v) is 8.38. The number of thiophene rings is 1. The molecule has 3 heterocycles. The van der Waals surface area contributed by atoms with E-state index in [1.807, 2.05) is 37.3 Å². The van der Waals surface area contributed by atoms with Crippen molar-refractivity contribution in [3.63, 3.8) is 0 Å². The second-order valence-electron chi connectivity index (χ2n) is 6.31. The van der Waals surface area contributed by atoms with Crippen molar-refractivity contribution < 1.29 is 14.7 Å². The van der Waals surface area contributed by atoms with E-state index in [4.69, 9.17) is 5.11 Å². The molecule has 1 unspecified atom stereocenters. The van der Waals surface area contributed by atoms with Crippen molar-refractivity contribution in [2.75, 3.05) is 18.4 Å². The number of nitrogens with one attached hydrogen (secondary N) is 1. The molecule has 0 aliphatic carbocycles. The van der Waals surface area contributed by atoms with E-state index in [1.165, 1.54) is 22.7 Å². The normalized spacial score (nSPS) is 17.0. The first-order valence-corrected chi connectivity index (χ1v) is 9.89. The van der Waals surface area contributed by atoms with Gasteiger partial charge in [-0.2, -0.15) is 0 Å². The van der Waals surface area contributed by atoms with Crippen LogP contribution >= 0.6 is 22.7 Å². The van der Waals surface area contributed by atoms with Gasteiger partial charge in [0.05, 0.1) is 15.5 Å². The van der Waals surface area contributed by atoms with Gasteiger partial charge in [0.1, 0.15) is 4.83 Å². The van der Waals surface area contributed by atoms with Gasteiger partial charge < -0.3 is 15.3 Å². The fraction of sp³-hybridized carbons (Fsp3) is 0.278. The number of thiazole rings is 1. The van der Waals surface area contributed by atoms with E-state index in [-0.39, 0.29) is 12.5 Å². The fourth-order valence-corrected chi connectivity index (χ4v) is 5.12. The highest BCUT2D eigenvalue weighted by Gasteiger charge is 2.32. The Morgan fingerprint density at radius 3 is 2.81 bits per heavy atom. The van der Waals surface area contributed by atoms with E-state index in [0.29, 0.717) is 17.8 Å². The Balaban J connectivity index is 1.51. The predicted octanol–water partition coefficient (Wildman–Crippen LogP) is 3.96. The SMILES string of the molecule is Cc1ccccc1Nc1nc2sc(C(=O)N3CCC(C(=O)O)C3)cc2s1. The van der Waals surface area contributed by atoms with E-state index in [1.54, 1.807) is 4.90 Å². The van der Waals surface area contributed by atoms with Crippen LogP contribution in [-0.4, -0.2) is 40.0 Å². The maximum absolute atomic E-state index is 12.6. The van der Waals surface area contributed by atoms with E-state index < -0.39 is 11.9 Å². The molecule has 1 saturated heterocycles. The topological polar surface area (TPSA) is 82.5 Å². The molecule has 1 amide bonds. The third-order valence-electron chi connectivity index (χ3n) is 4.51. The number of aromatic nitrogens is 1. The zero-order valence-corrected chi connectivity index (χ0v) is 15.7. The number of anilines is 2. The molecule has 0 saturated carbocycles. The number of carbonyl (C=O) groups is 2. The summed E-state index contributed by atoms with van der Waals surface area (Å²) in [4.78, 5) is 31.3. The highest BCUT2D eigenvalue weighted by atomic mass is 32.1. The number of rotatable bonds is 4. The Bertz CT molecular complexity index is 963. The maximum Gasteiger partial charge on any atom is 0.308 e. The number of hydrogen-bond donors (Lipinski definition) is 2. The summed E-state index contributed by atoms with van der Waals surface area (Å²) in [6.45, 7) is 2.82. The van der Waals surface area contributed by atoms with Crippen molar-refractivity contribution in [2.24, 2.45) is 5.92 Å². The van der Waals surface area contributed by atoms with Crippen LogP contribution in [0.1, 0.15) is 21.7 Å². The molecular weight excluding hydrogens is 370 g/mol. The van der Waals surface area contributed by atoms with E-state index in [0.717, 1.165) is 25.9 Å². The minimum Gasteiger partial charge on any atom is -0.481 e. The molecule has 6 nitrogen and oxygen atoms in total. The number of carboxylic acids is 1. The molecule has 0 bridgehead atoms. The van der Waals surface area contributed by atoms with Gasteiger partial charge in [0.25, 0.3) is 5.91 Å². The molecular formula is C18H17N3O3S2. The second kappa shape index (κ2) is 6.69. The number of nitrogens with zero attached hydrogens (tertiary/aromatic N) is 2. The van der Waals surface area contributed by atoms with Crippen LogP contribution in [0.5, 0.6) is 0 Å². The van der Waals surface area contributed by atoms with Crippen LogP contribution in [0, 0.1) is 12.8 Å². The first-order valence-electron chi connectivity index (χ1n) is 8.26. The molecule has 1 aliphatic rings. The monoisotopic (exact) mass is 387 g/mol. The van der Waals surface area contributed by atoms with Gasteiger partial charge in [-0.05, 0) is 31.0 Å². The number of amides is 1. The average Bonchev–Trinajstić information content (AvgIpc) is 3.30. The van der Waals surface area contributed by atoms with E-state index in [9.17, 15) is 9.59 Å². The average molecular weight is 387 g/mol. The summed E-state index contributed by atoms with van der Waals surface area (Å²) in [5, 5.41) is 13.2. The van der Waals surface area contributed by atoms with Gasteiger partial charge >= 0.3 is 5.97 Å². The predicted molar refractivity (Wildman–Crippen MR) is 104 cm³/mol. The molecule has 1 aliphatic heterocycles. The number of carbonyl (C=O) groups excluding carboxylic acids is 1.